The number of nitrogens with zero attached hydrogens (tertiary/aromatic N) is 2. The van der Waals surface area contributed by atoms with E-state index in [0.717, 1.165) is 49.2 Å². The third-order valence-corrected chi connectivity index (χ3v) is 16.7. The van der Waals surface area contributed by atoms with Crippen LogP contribution in [0.5, 0.6) is 0 Å². The van der Waals surface area contributed by atoms with Crippen LogP contribution < -0.4 is 0 Å². The summed E-state index contributed by atoms with van der Waals surface area (Å²) in [6.07, 6.45) is 89.0. The van der Waals surface area contributed by atoms with Gasteiger partial charge in [0.25, 0.3) is 0 Å². The van der Waals surface area contributed by atoms with Crippen molar-refractivity contribution in [2.24, 2.45) is 9.98 Å². The molecule has 0 aliphatic carbocycles. The van der Waals surface area contributed by atoms with E-state index in [9.17, 15) is 0 Å². The maximum atomic E-state index is 5.10. The minimum Gasteiger partial charge on any atom is -0.255 e. The molecule has 79 heavy (non-hydrogen) atoms. The van der Waals surface area contributed by atoms with Crippen LogP contribution in [0.15, 0.2) is 70.7 Å². The van der Waals surface area contributed by atoms with Crippen molar-refractivity contribution in [1.82, 2.24) is 0 Å². The molecule has 0 aliphatic rings. The second-order valence-electron chi connectivity index (χ2n) is 24.5. The first-order valence-corrected chi connectivity index (χ1v) is 35.4. The number of hydrogen-bond donors (Lipinski definition) is 0. The smallest absolute Gasteiger partial charge is 0.0639 e. The van der Waals surface area contributed by atoms with Crippen molar-refractivity contribution in [2.75, 3.05) is 0 Å². The SMILES string of the molecule is CCCCCCCCCCCCCCCCCCCCCCCCCCCC=Cc1cccc(N=CC(CCCC)=Nc2cccc(C=CCCCCCCCCCCCCCCCCCCCCCCCCCCC)c2)c1.[Ni]. The van der Waals surface area contributed by atoms with Crippen LogP contribution in [-0.2, 0) is 16.5 Å². The Morgan fingerprint density at radius 2 is 0.557 bits per heavy atom. The maximum Gasteiger partial charge on any atom is 0.0639 e. The molecule has 3 heteroatoms. The molecule has 0 spiro atoms. The monoisotopic (exact) mass is 1130 g/mol. The van der Waals surface area contributed by atoms with Crippen LogP contribution in [0, 0.1) is 0 Å². The summed E-state index contributed by atoms with van der Waals surface area (Å²) in [6.45, 7) is 6.87. The average Bonchev–Trinajstić information content (AvgIpc) is 3.46. The van der Waals surface area contributed by atoms with Gasteiger partial charge in [0.15, 0.2) is 0 Å². The second kappa shape index (κ2) is 61.8. The number of aliphatic imine (C=N–C) groups is 2. The summed E-state index contributed by atoms with van der Waals surface area (Å²) in [4.78, 5) is 10.0. The molecule has 0 heterocycles. The summed E-state index contributed by atoms with van der Waals surface area (Å²) in [6, 6.07) is 17.4. The fourth-order valence-electron chi connectivity index (χ4n) is 11.5. The molecule has 0 fully saturated rings. The third-order valence-electron chi connectivity index (χ3n) is 16.7. The summed E-state index contributed by atoms with van der Waals surface area (Å²) < 4.78 is 0. The molecule has 456 valence electrons. The quantitative estimate of drug-likeness (QED) is 0.0358. The first kappa shape index (κ1) is 74.8. The fraction of sp³-hybridized carbons (Fsp3) is 0.763. The molecule has 0 unspecified atom stereocenters. The summed E-state index contributed by atoms with van der Waals surface area (Å²) in [5.74, 6) is 0. The van der Waals surface area contributed by atoms with Crippen LogP contribution in [0.4, 0.5) is 11.4 Å². The van der Waals surface area contributed by atoms with Crippen LogP contribution in [0.25, 0.3) is 12.2 Å². The van der Waals surface area contributed by atoms with E-state index < -0.39 is 0 Å². The van der Waals surface area contributed by atoms with Crippen LogP contribution >= 0.6 is 0 Å². The van der Waals surface area contributed by atoms with Gasteiger partial charge in [-0.15, -0.1) is 0 Å². The zero-order chi connectivity index (χ0) is 55.4. The van der Waals surface area contributed by atoms with E-state index in [1.165, 1.54) is 332 Å². The summed E-state index contributed by atoms with van der Waals surface area (Å²) in [5, 5.41) is 0. The Kier molecular flexibility index (Phi) is 58.5. The van der Waals surface area contributed by atoms with E-state index in [0.29, 0.717) is 0 Å². The second-order valence-corrected chi connectivity index (χ2v) is 24.5. The fourth-order valence-corrected chi connectivity index (χ4v) is 11.5. The van der Waals surface area contributed by atoms with Crippen molar-refractivity contribution in [1.29, 1.82) is 0 Å². The van der Waals surface area contributed by atoms with E-state index in [1.807, 2.05) is 6.21 Å². The number of benzene rings is 2. The van der Waals surface area contributed by atoms with Crippen LogP contribution in [0.3, 0.4) is 0 Å². The van der Waals surface area contributed by atoms with Gasteiger partial charge in [-0.2, -0.15) is 0 Å². The molecule has 0 saturated carbocycles. The summed E-state index contributed by atoms with van der Waals surface area (Å²) in [5.41, 5.74) is 5.55. The summed E-state index contributed by atoms with van der Waals surface area (Å²) >= 11 is 0. The molecule has 0 aromatic heterocycles. The average molecular weight is 1130 g/mol. The van der Waals surface area contributed by atoms with Gasteiger partial charge in [-0.1, -0.05) is 384 Å². The first-order valence-electron chi connectivity index (χ1n) is 35.4. The van der Waals surface area contributed by atoms with Gasteiger partial charge in [0.1, 0.15) is 0 Å². The van der Waals surface area contributed by atoms with Crippen molar-refractivity contribution >= 4 is 35.5 Å². The van der Waals surface area contributed by atoms with Gasteiger partial charge >= 0.3 is 0 Å². The molecule has 0 radical (unpaired) electrons. The Balaban J connectivity index is 0.0000312. The van der Waals surface area contributed by atoms with Gasteiger partial charge in [-0.05, 0) is 73.9 Å². The Hall–Kier alpha value is -2.25. The van der Waals surface area contributed by atoms with Gasteiger partial charge in [-0.25, -0.2) is 0 Å². The van der Waals surface area contributed by atoms with E-state index >= 15 is 0 Å². The molecule has 0 N–H and O–H groups in total. The minimum atomic E-state index is 0. The minimum absolute atomic E-state index is 0. The van der Waals surface area contributed by atoms with Crippen LogP contribution in [0.2, 0.25) is 0 Å². The van der Waals surface area contributed by atoms with E-state index in [4.69, 9.17) is 9.98 Å². The van der Waals surface area contributed by atoms with Crippen molar-refractivity contribution in [3.05, 3.63) is 71.8 Å². The summed E-state index contributed by atoms with van der Waals surface area (Å²) in [7, 11) is 0. The van der Waals surface area contributed by atoms with E-state index in [-0.39, 0.29) is 16.5 Å². The van der Waals surface area contributed by atoms with Gasteiger partial charge < -0.3 is 0 Å². The molecular formula is C76H132N2Ni. The van der Waals surface area contributed by atoms with Crippen molar-refractivity contribution in [3.8, 4) is 0 Å². The predicted octanol–water partition coefficient (Wildman–Crippen LogP) is 27.7. The number of rotatable bonds is 60. The van der Waals surface area contributed by atoms with Crippen molar-refractivity contribution in [3.63, 3.8) is 0 Å². The van der Waals surface area contributed by atoms with E-state index in [2.05, 4.69) is 93.6 Å². The molecule has 0 saturated heterocycles. The Morgan fingerprint density at radius 3 is 0.848 bits per heavy atom. The molecule has 2 aromatic carbocycles. The molecule has 2 aromatic rings. The van der Waals surface area contributed by atoms with Gasteiger partial charge in [0.2, 0.25) is 0 Å². The van der Waals surface area contributed by atoms with Crippen LogP contribution in [-0.4, -0.2) is 11.9 Å². The molecule has 0 amide bonds. The molecule has 0 atom stereocenters. The topological polar surface area (TPSA) is 24.7 Å². The van der Waals surface area contributed by atoms with E-state index in [1.54, 1.807) is 0 Å². The maximum absolute atomic E-state index is 5.10. The molecule has 2 nitrogen and oxygen atoms in total. The standard InChI is InChI=1S/C76H132N2.Ni/c1-4-7-10-12-14-16-18-20-22-24-26-28-30-32-34-36-38-40-42-44-46-48-50-52-54-56-58-62-72-64-60-67-74(69-72)77-71-76(66-9-6-3)78-75-68-61-65-73(70-75)63-59-57-55-53-51-49-47-45-43-41-39-37-35-33-31-29-27-25-23-21-19-17-15-13-11-8-5-2;/h58-65,67-71H,4-57,66H2,1-3H3;. The van der Waals surface area contributed by atoms with Crippen LogP contribution in [0.1, 0.15) is 385 Å². The van der Waals surface area contributed by atoms with Crippen molar-refractivity contribution in [2.45, 2.75) is 374 Å². The Morgan fingerprint density at radius 1 is 0.304 bits per heavy atom. The Labute approximate surface area is 504 Å². The number of unbranched alkanes of at least 4 members (excludes halogenated alkanes) is 51. The third kappa shape index (κ3) is 52.3. The largest absolute Gasteiger partial charge is 0.255 e. The normalized spacial score (nSPS) is 12.1. The number of hydrogen-bond acceptors (Lipinski definition) is 2. The Bertz CT molecular complexity index is 1650. The van der Waals surface area contributed by atoms with Gasteiger partial charge in [0, 0.05) is 22.7 Å². The first-order chi connectivity index (χ1) is 38.7. The number of allylic oxidation sites excluding steroid dienone is 2. The zero-order valence-electron chi connectivity index (χ0n) is 53.1. The zero-order valence-corrected chi connectivity index (χ0v) is 54.1. The molecule has 2 rings (SSSR count). The van der Waals surface area contributed by atoms with Gasteiger partial charge in [-0.3, -0.25) is 9.98 Å². The van der Waals surface area contributed by atoms with Crippen molar-refractivity contribution < 1.29 is 16.5 Å². The molecular weight excluding hydrogens is 1000 g/mol. The van der Waals surface area contributed by atoms with Gasteiger partial charge in [0.05, 0.1) is 17.1 Å². The molecule has 0 aliphatic heterocycles. The predicted molar refractivity (Wildman–Crippen MR) is 357 cm³/mol. The molecule has 0 bridgehead atoms.